The third-order valence-electron chi connectivity index (χ3n) is 1.78. The van der Waals surface area contributed by atoms with Crippen LogP contribution in [0.2, 0.25) is 0 Å². The molecule has 0 aromatic carbocycles. The molecule has 0 saturated carbocycles. The van der Waals surface area contributed by atoms with Gasteiger partial charge in [0.15, 0.2) is 0 Å². The Morgan fingerprint density at radius 1 is 1.64 bits per heavy atom. The Morgan fingerprint density at radius 3 is 2.93 bits per heavy atom. The topological polar surface area (TPSA) is 55.6 Å². The van der Waals surface area contributed by atoms with Gasteiger partial charge >= 0.3 is 0 Å². The largest absolute Gasteiger partial charge is 0.367 e. The van der Waals surface area contributed by atoms with Crippen LogP contribution in [0.1, 0.15) is 12.8 Å². The molecule has 0 bridgehead atoms. The van der Waals surface area contributed by atoms with E-state index in [0.29, 0.717) is 32.7 Å². The molecule has 14 heavy (non-hydrogen) atoms. The van der Waals surface area contributed by atoms with Crippen molar-refractivity contribution in [3.05, 3.63) is 0 Å². The normalized spacial score (nSPS) is 9.50. The van der Waals surface area contributed by atoms with Gasteiger partial charge in [0.1, 0.15) is 6.61 Å². The molecule has 0 atom stereocenters. The standard InChI is InChI=1S/C10H18N2O2/c1-3-8-14-9-7-12(2)10(13)5-4-6-11/h1H,4-9,11H2,2H3. The molecule has 0 aliphatic rings. The van der Waals surface area contributed by atoms with Gasteiger partial charge in [0.2, 0.25) is 5.91 Å². The van der Waals surface area contributed by atoms with Crippen LogP contribution in [-0.2, 0) is 9.53 Å². The lowest BCUT2D eigenvalue weighted by atomic mass is 10.3. The molecule has 4 nitrogen and oxygen atoms in total. The Kier molecular flexibility index (Phi) is 7.90. The van der Waals surface area contributed by atoms with Crippen molar-refractivity contribution in [2.75, 3.05) is 33.4 Å². The minimum absolute atomic E-state index is 0.0970. The van der Waals surface area contributed by atoms with Crippen molar-refractivity contribution in [3.63, 3.8) is 0 Å². The fourth-order valence-corrected chi connectivity index (χ4v) is 0.901. The van der Waals surface area contributed by atoms with Crippen LogP contribution < -0.4 is 5.73 Å². The van der Waals surface area contributed by atoms with Gasteiger partial charge in [0, 0.05) is 20.0 Å². The molecule has 0 aliphatic carbocycles. The van der Waals surface area contributed by atoms with E-state index in [-0.39, 0.29) is 5.91 Å². The summed E-state index contributed by atoms with van der Waals surface area (Å²) in [6.07, 6.45) is 6.23. The number of terminal acetylenes is 1. The number of ether oxygens (including phenoxy) is 1. The molecule has 4 heteroatoms. The average Bonchev–Trinajstić information content (AvgIpc) is 2.20. The lowest BCUT2D eigenvalue weighted by molar-refractivity contribution is -0.130. The summed E-state index contributed by atoms with van der Waals surface area (Å²) in [5.74, 6) is 2.46. The highest BCUT2D eigenvalue weighted by atomic mass is 16.5. The van der Waals surface area contributed by atoms with E-state index in [2.05, 4.69) is 5.92 Å². The third-order valence-corrected chi connectivity index (χ3v) is 1.78. The molecule has 0 aromatic rings. The SMILES string of the molecule is C#CCOCCN(C)C(=O)CCCN. The molecule has 2 N–H and O–H groups in total. The van der Waals surface area contributed by atoms with E-state index in [4.69, 9.17) is 16.9 Å². The Morgan fingerprint density at radius 2 is 2.36 bits per heavy atom. The Labute approximate surface area is 85.4 Å². The minimum atomic E-state index is 0.0970. The van der Waals surface area contributed by atoms with Crippen LogP contribution in [0.25, 0.3) is 0 Å². The monoisotopic (exact) mass is 198 g/mol. The van der Waals surface area contributed by atoms with Crippen LogP contribution in [0.4, 0.5) is 0 Å². The van der Waals surface area contributed by atoms with E-state index in [1.165, 1.54) is 0 Å². The highest BCUT2D eigenvalue weighted by Crippen LogP contribution is 1.94. The van der Waals surface area contributed by atoms with Gasteiger partial charge in [-0.3, -0.25) is 4.79 Å². The number of nitrogens with two attached hydrogens (primary N) is 1. The fraction of sp³-hybridized carbons (Fsp3) is 0.700. The molecule has 0 heterocycles. The smallest absolute Gasteiger partial charge is 0.222 e. The van der Waals surface area contributed by atoms with Crippen molar-refractivity contribution in [2.45, 2.75) is 12.8 Å². The summed E-state index contributed by atoms with van der Waals surface area (Å²) in [6, 6.07) is 0. The van der Waals surface area contributed by atoms with E-state index in [9.17, 15) is 4.79 Å². The molecule has 0 fully saturated rings. The molecule has 0 aliphatic heterocycles. The molecule has 0 unspecified atom stereocenters. The van der Waals surface area contributed by atoms with Crippen LogP contribution >= 0.6 is 0 Å². The summed E-state index contributed by atoms with van der Waals surface area (Å²) >= 11 is 0. The summed E-state index contributed by atoms with van der Waals surface area (Å²) in [4.78, 5) is 13.0. The zero-order valence-electron chi connectivity index (χ0n) is 8.66. The van der Waals surface area contributed by atoms with Crippen molar-refractivity contribution in [1.29, 1.82) is 0 Å². The number of amides is 1. The summed E-state index contributed by atoms with van der Waals surface area (Å²) in [5.41, 5.74) is 5.30. The lowest BCUT2D eigenvalue weighted by Gasteiger charge is -2.16. The number of rotatable bonds is 7. The maximum atomic E-state index is 11.3. The van der Waals surface area contributed by atoms with Crippen LogP contribution in [0.3, 0.4) is 0 Å². The highest BCUT2D eigenvalue weighted by Gasteiger charge is 2.06. The van der Waals surface area contributed by atoms with Crippen LogP contribution in [0.15, 0.2) is 0 Å². The van der Waals surface area contributed by atoms with E-state index >= 15 is 0 Å². The van der Waals surface area contributed by atoms with Gasteiger partial charge in [0.25, 0.3) is 0 Å². The quantitative estimate of drug-likeness (QED) is 0.456. The number of carbonyl (C=O) groups excluding carboxylic acids is 1. The predicted octanol–water partition coefficient (Wildman–Crippen LogP) is -0.166. The number of hydrogen-bond donors (Lipinski definition) is 1. The first-order valence-corrected chi connectivity index (χ1v) is 4.67. The van der Waals surface area contributed by atoms with Crippen molar-refractivity contribution in [3.8, 4) is 12.3 Å². The van der Waals surface area contributed by atoms with Gasteiger partial charge < -0.3 is 15.4 Å². The van der Waals surface area contributed by atoms with Crippen LogP contribution in [0.5, 0.6) is 0 Å². The molecule has 0 saturated heterocycles. The Balaban J connectivity index is 3.47. The molecule has 80 valence electrons. The summed E-state index contributed by atoms with van der Waals surface area (Å²) in [6.45, 7) is 1.90. The first-order valence-electron chi connectivity index (χ1n) is 4.67. The maximum absolute atomic E-state index is 11.3. The second-order valence-electron chi connectivity index (χ2n) is 2.96. The molecule has 0 rings (SSSR count). The molecule has 0 radical (unpaired) electrons. The van der Waals surface area contributed by atoms with Crippen molar-refractivity contribution in [2.24, 2.45) is 5.73 Å². The van der Waals surface area contributed by atoms with Gasteiger partial charge in [-0.05, 0) is 13.0 Å². The van der Waals surface area contributed by atoms with Crippen LogP contribution in [-0.4, -0.2) is 44.2 Å². The van der Waals surface area contributed by atoms with E-state index in [1.807, 2.05) is 0 Å². The summed E-state index contributed by atoms with van der Waals surface area (Å²) in [7, 11) is 1.75. The minimum Gasteiger partial charge on any atom is -0.367 e. The molecule has 0 aromatic heterocycles. The van der Waals surface area contributed by atoms with E-state index in [1.54, 1.807) is 11.9 Å². The molecular weight excluding hydrogens is 180 g/mol. The summed E-state index contributed by atoms with van der Waals surface area (Å²) < 4.78 is 5.05. The summed E-state index contributed by atoms with van der Waals surface area (Å²) in [5, 5.41) is 0. The van der Waals surface area contributed by atoms with E-state index in [0.717, 1.165) is 6.42 Å². The van der Waals surface area contributed by atoms with Gasteiger partial charge in [-0.15, -0.1) is 6.42 Å². The lowest BCUT2D eigenvalue weighted by Crippen LogP contribution is -2.30. The van der Waals surface area contributed by atoms with Crippen LogP contribution in [0, 0.1) is 12.3 Å². The average molecular weight is 198 g/mol. The van der Waals surface area contributed by atoms with Crippen molar-refractivity contribution >= 4 is 5.91 Å². The molecule has 1 amide bonds. The van der Waals surface area contributed by atoms with Crippen molar-refractivity contribution in [1.82, 2.24) is 4.90 Å². The fourth-order valence-electron chi connectivity index (χ4n) is 0.901. The van der Waals surface area contributed by atoms with Gasteiger partial charge in [0.05, 0.1) is 6.61 Å². The van der Waals surface area contributed by atoms with Gasteiger partial charge in [-0.2, -0.15) is 0 Å². The second kappa shape index (κ2) is 8.54. The first-order chi connectivity index (χ1) is 6.72. The Bertz CT molecular complexity index is 199. The van der Waals surface area contributed by atoms with E-state index < -0.39 is 0 Å². The van der Waals surface area contributed by atoms with Gasteiger partial charge in [-0.1, -0.05) is 5.92 Å². The number of nitrogens with zero attached hydrogens (tertiary/aromatic N) is 1. The highest BCUT2D eigenvalue weighted by molar-refractivity contribution is 5.75. The second-order valence-corrected chi connectivity index (χ2v) is 2.96. The first kappa shape index (κ1) is 12.9. The third kappa shape index (κ3) is 6.46. The number of hydrogen-bond acceptors (Lipinski definition) is 3. The maximum Gasteiger partial charge on any atom is 0.222 e. The zero-order valence-corrected chi connectivity index (χ0v) is 8.66. The van der Waals surface area contributed by atoms with Crippen molar-refractivity contribution < 1.29 is 9.53 Å². The predicted molar refractivity (Wildman–Crippen MR) is 55.6 cm³/mol. The molecule has 0 spiro atoms. The Hall–Kier alpha value is -1.05. The van der Waals surface area contributed by atoms with Gasteiger partial charge in [-0.25, -0.2) is 0 Å². The number of likely N-dealkylation sites (N-methyl/N-ethyl adjacent to an activating group) is 1. The molecular formula is C10H18N2O2. The number of carbonyl (C=O) groups is 1. The zero-order chi connectivity index (χ0) is 10.8.